The van der Waals surface area contributed by atoms with Crippen LogP contribution in [-0.2, 0) is 11.2 Å². The summed E-state index contributed by atoms with van der Waals surface area (Å²) in [6, 6.07) is 17.7. The van der Waals surface area contributed by atoms with Gasteiger partial charge in [-0.3, -0.25) is 14.4 Å². The second-order valence-corrected chi connectivity index (χ2v) is 10.8. The fourth-order valence-electron chi connectivity index (χ4n) is 4.43. The van der Waals surface area contributed by atoms with Crippen LogP contribution in [0, 0.1) is 0 Å². The van der Waals surface area contributed by atoms with Crippen molar-refractivity contribution in [3.8, 4) is 0 Å². The Bertz CT molecular complexity index is 1350. The Balaban J connectivity index is 1.50. The molecule has 0 bridgehead atoms. The molecule has 1 heterocycles. The summed E-state index contributed by atoms with van der Waals surface area (Å²) in [5, 5.41) is 4.18. The molecule has 1 saturated heterocycles. The molecule has 1 aliphatic rings. The highest BCUT2D eigenvalue weighted by molar-refractivity contribution is 6.42. The van der Waals surface area contributed by atoms with Crippen molar-refractivity contribution in [1.82, 2.24) is 15.1 Å². The third kappa shape index (κ3) is 6.62. The molecule has 0 unspecified atom stereocenters. The first-order valence-electron chi connectivity index (χ1n) is 12.0. The Labute approximate surface area is 241 Å². The molecule has 3 aromatic rings. The molecule has 2 atom stereocenters. The molecule has 38 heavy (non-hydrogen) atoms. The highest BCUT2D eigenvalue weighted by atomic mass is 35.5. The van der Waals surface area contributed by atoms with Crippen molar-refractivity contribution in [3.05, 3.63) is 104 Å². The van der Waals surface area contributed by atoms with Gasteiger partial charge >= 0.3 is 0 Å². The van der Waals surface area contributed by atoms with Crippen LogP contribution in [0.2, 0.25) is 20.1 Å². The zero-order chi connectivity index (χ0) is 27.4. The Morgan fingerprint density at radius 2 is 1.63 bits per heavy atom. The van der Waals surface area contributed by atoms with E-state index in [2.05, 4.69) is 5.32 Å². The van der Waals surface area contributed by atoms with Gasteiger partial charge in [0.1, 0.15) is 6.04 Å². The summed E-state index contributed by atoms with van der Waals surface area (Å²) in [5.41, 5.74) is 1.56. The Morgan fingerprint density at radius 1 is 0.895 bits per heavy atom. The SMILES string of the molecule is C[C@H]1CN(C(=O)[C@@H](Cc2ccccc2)NC(=O)c2ccc(Cl)c(Cl)c2)CCN1C(=O)c1ccc(Cl)cc1Cl. The summed E-state index contributed by atoms with van der Waals surface area (Å²) in [6.45, 7) is 2.82. The van der Waals surface area contributed by atoms with Crippen LogP contribution in [0.5, 0.6) is 0 Å². The Kier molecular flexibility index (Phi) is 9.21. The van der Waals surface area contributed by atoms with Gasteiger partial charge in [0, 0.05) is 42.7 Å². The number of nitrogens with zero attached hydrogens (tertiary/aromatic N) is 2. The van der Waals surface area contributed by atoms with Gasteiger partial charge in [0.2, 0.25) is 5.91 Å². The van der Waals surface area contributed by atoms with E-state index in [1.165, 1.54) is 18.2 Å². The Morgan fingerprint density at radius 3 is 2.29 bits per heavy atom. The zero-order valence-corrected chi connectivity index (χ0v) is 23.5. The maximum absolute atomic E-state index is 13.7. The molecule has 3 amide bonds. The van der Waals surface area contributed by atoms with Gasteiger partial charge in [0.05, 0.1) is 20.6 Å². The molecular formula is C28H25Cl4N3O3. The highest BCUT2D eigenvalue weighted by Crippen LogP contribution is 2.25. The molecule has 198 valence electrons. The van der Waals surface area contributed by atoms with E-state index in [0.717, 1.165) is 5.56 Å². The summed E-state index contributed by atoms with van der Waals surface area (Å²) < 4.78 is 0. The van der Waals surface area contributed by atoms with Gasteiger partial charge in [-0.15, -0.1) is 0 Å². The van der Waals surface area contributed by atoms with Crippen LogP contribution >= 0.6 is 46.4 Å². The number of hydrogen-bond acceptors (Lipinski definition) is 3. The molecule has 0 aliphatic carbocycles. The van der Waals surface area contributed by atoms with Gasteiger partial charge in [0.25, 0.3) is 11.8 Å². The largest absolute Gasteiger partial charge is 0.340 e. The molecule has 10 heteroatoms. The van der Waals surface area contributed by atoms with E-state index in [0.29, 0.717) is 47.2 Å². The van der Waals surface area contributed by atoms with Gasteiger partial charge < -0.3 is 15.1 Å². The summed E-state index contributed by atoms with van der Waals surface area (Å²) in [4.78, 5) is 43.3. The molecule has 0 saturated carbocycles. The second-order valence-electron chi connectivity index (χ2n) is 9.10. The number of carbonyl (C=O) groups is 3. The first-order valence-corrected chi connectivity index (χ1v) is 13.5. The molecule has 0 radical (unpaired) electrons. The molecule has 3 aromatic carbocycles. The normalized spacial score (nSPS) is 16.2. The lowest BCUT2D eigenvalue weighted by molar-refractivity contribution is -0.135. The first-order chi connectivity index (χ1) is 18.1. The van der Waals surface area contributed by atoms with E-state index in [1.54, 1.807) is 28.0 Å². The minimum absolute atomic E-state index is 0.222. The predicted molar refractivity (Wildman–Crippen MR) is 151 cm³/mol. The third-order valence-electron chi connectivity index (χ3n) is 6.43. The minimum Gasteiger partial charge on any atom is -0.340 e. The van der Waals surface area contributed by atoms with Crippen molar-refractivity contribution in [1.29, 1.82) is 0 Å². The summed E-state index contributed by atoms with van der Waals surface area (Å²) in [5.74, 6) is -0.886. The van der Waals surface area contributed by atoms with Crippen LogP contribution < -0.4 is 5.32 Å². The number of rotatable bonds is 6. The van der Waals surface area contributed by atoms with Crippen molar-refractivity contribution in [2.45, 2.75) is 25.4 Å². The van der Waals surface area contributed by atoms with Crippen LogP contribution in [0.25, 0.3) is 0 Å². The number of piperazine rings is 1. The molecular weight excluding hydrogens is 568 g/mol. The van der Waals surface area contributed by atoms with Crippen molar-refractivity contribution < 1.29 is 14.4 Å². The molecule has 1 N–H and O–H groups in total. The lowest BCUT2D eigenvalue weighted by atomic mass is 10.0. The predicted octanol–water partition coefficient (Wildman–Crippen LogP) is 6.01. The van der Waals surface area contributed by atoms with Crippen LogP contribution in [0.15, 0.2) is 66.7 Å². The van der Waals surface area contributed by atoms with Crippen molar-refractivity contribution in [2.75, 3.05) is 19.6 Å². The summed E-state index contributed by atoms with van der Waals surface area (Å²) >= 11 is 24.3. The van der Waals surface area contributed by atoms with Crippen molar-refractivity contribution >= 4 is 64.1 Å². The minimum atomic E-state index is -0.820. The maximum Gasteiger partial charge on any atom is 0.255 e. The maximum atomic E-state index is 13.7. The van der Waals surface area contributed by atoms with Crippen molar-refractivity contribution in [2.24, 2.45) is 0 Å². The fourth-order valence-corrected chi connectivity index (χ4v) is 5.21. The van der Waals surface area contributed by atoms with Gasteiger partial charge in [-0.1, -0.05) is 76.7 Å². The number of amides is 3. The van der Waals surface area contributed by atoms with Gasteiger partial charge in [-0.2, -0.15) is 0 Å². The van der Waals surface area contributed by atoms with Gasteiger partial charge in [0.15, 0.2) is 0 Å². The molecule has 1 aliphatic heterocycles. The van der Waals surface area contributed by atoms with Crippen LogP contribution in [0.4, 0.5) is 0 Å². The Hall–Kier alpha value is -2.77. The first kappa shape index (κ1) is 28.2. The second kappa shape index (κ2) is 12.4. The van der Waals surface area contributed by atoms with Crippen LogP contribution in [0.3, 0.4) is 0 Å². The molecule has 4 rings (SSSR count). The quantitative estimate of drug-likeness (QED) is 0.381. The molecule has 0 aromatic heterocycles. The van der Waals surface area contributed by atoms with E-state index < -0.39 is 11.9 Å². The number of halogens is 4. The van der Waals surface area contributed by atoms with Gasteiger partial charge in [-0.25, -0.2) is 0 Å². The lowest BCUT2D eigenvalue weighted by Crippen LogP contribution is -2.59. The number of benzene rings is 3. The number of nitrogens with one attached hydrogen (secondary N) is 1. The zero-order valence-electron chi connectivity index (χ0n) is 20.5. The third-order valence-corrected chi connectivity index (χ3v) is 7.72. The summed E-state index contributed by atoms with van der Waals surface area (Å²) in [7, 11) is 0. The average molecular weight is 593 g/mol. The van der Waals surface area contributed by atoms with Crippen LogP contribution in [0.1, 0.15) is 33.2 Å². The van der Waals surface area contributed by atoms with E-state index in [9.17, 15) is 14.4 Å². The average Bonchev–Trinajstić information content (AvgIpc) is 2.89. The highest BCUT2D eigenvalue weighted by Gasteiger charge is 2.34. The van der Waals surface area contributed by atoms with Crippen LogP contribution in [-0.4, -0.2) is 59.2 Å². The molecule has 1 fully saturated rings. The van der Waals surface area contributed by atoms with E-state index in [1.807, 2.05) is 37.3 Å². The van der Waals surface area contributed by atoms with E-state index in [-0.39, 0.29) is 27.9 Å². The van der Waals surface area contributed by atoms with Gasteiger partial charge in [-0.05, 0) is 48.9 Å². The van der Waals surface area contributed by atoms with E-state index >= 15 is 0 Å². The topological polar surface area (TPSA) is 69.7 Å². The number of carbonyl (C=O) groups excluding carboxylic acids is 3. The monoisotopic (exact) mass is 591 g/mol. The standard InChI is InChI=1S/C28H25Cl4N3O3/c1-17-16-34(11-12-35(17)27(37)21-9-8-20(29)15-23(21)31)28(38)25(13-18-5-3-2-4-6-18)33-26(36)19-7-10-22(30)24(32)14-19/h2-10,14-15,17,25H,11-13,16H2,1H3,(H,33,36)/t17-,25+/m0/s1. The fraction of sp³-hybridized carbons (Fsp3) is 0.250. The van der Waals surface area contributed by atoms with Crippen molar-refractivity contribution in [3.63, 3.8) is 0 Å². The summed E-state index contributed by atoms with van der Waals surface area (Å²) in [6.07, 6.45) is 0.306. The lowest BCUT2D eigenvalue weighted by Gasteiger charge is -2.41. The smallest absolute Gasteiger partial charge is 0.255 e. The number of hydrogen-bond donors (Lipinski definition) is 1. The van der Waals surface area contributed by atoms with E-state index in [4.69, 9.17) is 46.4 Å². The molecule has 6 nitrogen and oxygen atoms in total. The molecule has 0 spiro atoms.